The van der Waals surface area contributed by atoms with E-state index in [0.717, 1.165) is 0 Å². The summed E-state index contributed by atoms with van der Waals surface area (Å²) in [6.07, 6.45) is 5.70. The third-order valence-electron chi connectivity index (χ3n) is 1.79. The molecule has 13 heavy (non-hydrogen) atoms. The molecule has 0 spiro atoms. The Morgan fingerprint density at radius 1 is 1.77 bits per heavy atom. The van der Waals surface area contributed by atoms with Gasteiger partial charge in [-0.05, 0) is 12.2 Å². The Morgan fingerprint density at radius 3 is 3.00 bits per heavy atom. The van der Waals surface area contributed by atoms with Gasteiger partial charge in [-0.2, -0.15) is 5.26 Å². The molecule has 0 aromatic carbocycles. The van der Waals surface area contributed by atoms with Crippen LogP contribution in [0.25, 0.3) is 0 Å². The molecule has 0 fully saturated rings. The first-order valence-corrected chi connectivity index (χ1v) is 4.03. The first-order chi connectivity index (χ1) is 6.22. The van der Waals surface area contributed by atoms with Crippen LogP contribution in [-0.4, -0.2) is 23.9 Å². The highest BCUT2D eigenvalue weighted by Crippen LogP contribution is 2.05. The minimum absolute atomic E-state index is 0.302. The Labute approximate surface area is 76.9 Å². The van der Waals surface area contributed by atoms with E-state index in [1.54, 1.807) is 6.08 Å². The second kappa shape index (κ2) is 4.31. The highest BCUT2D eigenvalue weighted by atomic mass is 16.1. The van der Waals surface area contributed by atoms with E-state index in [1.165, 1.54) is 0 Å². The molecule has 0 aromatic heterocycles. The minimum atomic E-state index is -0.302. The van der Waals surface area contributed by atoms with Gasteiger partial charge in [0.05, 0.1) is 11.6 Å². The summed E-state index contributed by atoms with van der Waals surface area (Å²) < 4.78 is 0. The molecule has 0 saturated carbocycles. The van der Waals surface area contributed by atoms with Crippen LogP contribution in [0.3, 0.4) is 0 Å². The van der Waals surface area contributed by atoms with Crippen LogP contribution in [0.5, 0.6) is 0 Å². The molecule has 0 aliphatic carbocycles. The summed E-state index contributed by atoms with van der Waals surface area (Å²) in [5.41, 5.74) is 5.67. The molecule has 0 atom stereocenters. The van der Waals surface area contributed by atoms with Crippen molar-refractivity contribution < 1.29 is 4.79 Å². The molecule has 1 aliphatic rings. The number of nitrogens with two attached hydrogens (primary N) is 1. The molecule has 0 aromatic rings. The molecule has 1 amide bonds. The topological polar surface area (TPSA) is 70.1 Å². The van der Waals surface area contributed by atoms with Crippen LogP contribution < -0.4 is 5.73 Å². The molecule has 1 heterocycles. The largest absolute Gasteiger partial charge is 0.373 e. The zero-order valence-corrected chi connectivity index (χ0v) is 7.23. The van der Waals surface area contributed by atoms with Crippen LogP contribution in [0, 0.1) is 11.3 Å². The van der Waals surface area contributed by atoms with E-state index in [9.17, 15) is 4.79 Å². The summed E-state index contributed by atoms with van der Waals surface area (Å²) >= 11 is 0. The van der Waals surface area contributed by atoms with Gasteiger partial charge in [-0.25, -0.2) is 0 Å². The smallest absolute Gasteiger partial charge is 0.219 e. The van der Waals surface area contributed by atoms with Crippen molar-refractivity contribution in [3.8, 4) is 6.07 Å². The monoisotopic (exact) mass is 177 g/mol. The number of carbonyl (C=O) groups is 1. The van der Waals surface area contributed by atoms with Crippen molar-refractivity contribution in [1.82, 2.24) is 4.90 Å². The predicted molar refractivity (Wildman–Crippen MR) is 48.2 cm³/mol. The second-order valence-electron chi connectivity index (χ2n) is 2.80. The lowest BCUT2D eigenvalue weighted by Crippen LogP contribution is -2.25. The van der Waals surface area contributed by atoms with Crippen molar-refractivity contribution in [2.45, 2.75) is 6.42 Å². The van der Waals surface area contributed by atoms with Crippen LogP contribution >= 0.6 is 0 Å². The maximum Gasteiger partial charge on any atom is 0.219 e. The van der Waals surface area contributed by atoms with E-state index in [4.69, 9.17) is 11.0 Å². The number of hydrogen-bond acceptors (Lipinski definition) is 3. The van der Waals surface area contributed by atoms with Gasteiger partial charge in [-0.1, -0.05) is 0 Å². The Hall–Kier alpha value is -1.76. The molecule has 0 bridgehead atoms. The molecule has 1 rings (SSSR count). The first-order valence-electron chi connectivity index (χ1n) is 4.03. The zero-order chi connectivity index (χ0) is 9.68. The maximum atomic E-state index is 10.5. The summed E-state index contributed by atoms with van der Waals surface area (Å²) in [6.45, 7) is 1.29. The molecule has 0 unspecified atom stereocenters. The summed E-state index contributed by atoms with van der Waals surface area (Å²) in [7, 11) is 0. The molecule has 4 nitrogen and oxygen atoms in total. The Bertz CT molecular complexity index is 298. The van der Waals surface area contributed by atoms with Gasteiger partial charge in [0.15, 0.2) is 0 Å². The van der Waals surface area contributed by atoms with E-state index >= 15 is 0 Å². The number of hydrogen-bond donors (Lipinski definition) is 1. The molecule has 68 valence electrons. The average molecular weight is 177 g/mol. The Morgan fingerprint density at radius 2 is 2.54 bits per heavy atom. The minimum Gasteiger partial charge on any atom is -0.373 e. The SMILES string of the molecule is N#CC1=CCN(CCC(N)=O)C=C1. The molecule has 2 N–H and O–H groups in total. The molecular formula is C9H11N3O. The highest BCUT2D eigenvalue weighted by molar-refractivity contribution is 5.73. The lowest BCUT2D eigenvalue weighted by molar-refractivity contribution is -0.118. The van der Waals surface area contributed by atoms with Gasteiger partial charge in [-0.3, -0.25) is 4.79 Å². The van der Waals surface area contributed by atoms with Gasteiger partial charge in [0.25, 0.3) is 0 Å². The Kier molecular flexibility index (Phi) is 3.09. The summed E-state index contributed by atoms with van der Waals surface area (Å²) in [5.74, 6) is -0.302. The van der Waals surface area contributed by atoms with Gasteiger partial charge in [0.1, 0.15) is 0 Å². The molecule has 1 aliphatic heterocycles. The fourth-order valence-corrected chi connectivity index (χ4v) is 1.03. The van der Waals surface area contributed by atoms with Crippen LogP contribution in [0.1, 0.15) is 6.42 Å². The van der Waals surface area contributed by atoms with E-state index < -0.39 is 0 Å². The summed E-state index contributed by atoms with van der Waals surface area (Å²) in [6, 6.07) is 2.05. The standard InChI is InChI=1S/C9H11N3O/c10-7-8-1-4-12(5-2-8)6-3-9(11)13/h1-2,4H,3,5-6H2,(H2,11,13). The number of rotatable bonds is 3. The van der Waals surface area contributed by atoms with Gasteiger partial charge in [-0.15, -0.1) is 0 Å². The lowest BCUT2D eigenvalue weighted by atomic mass is 10.2. The normalized spacial score (nSPS) is 15.0. The Balaban J connectivity index is 2.36. The summed E-state index contributed by atoms with van der Waals surface area (Å²) in [5, 5.41) is 8.53. The number of amides is 1. The average Bonchev–Trinajstić information content (AvgIpc) is 2.15. The van der Waals surface area contributed by atoms with Gasteiger partial charge >= 0.3 is 0 Å². The lowest BCUT2D eigenvalue weighted by Gasteiger charge is -2.20. The quantitative estimate of drug-likeness (QED) is 0.666. The molecular weight excluding hydrogens is 166 g/mol. The fraction of sp³-hybridized carbons (Fsp3) is 0.333. The van der Waals surface area contributed by atoms with Crippen molar-refractivity contribution in [2.24, 2.45) is 5.73 Å². The van der Waals surface area contributed by atoms with Gasteiger partial charge in [0.2, 0.25) is 5.91 Å². The van der Waals surface area contributed by atoms with Crippen molar-refractivity contribution in [1.29, 1.82) is 5.26 Å². The van der Waals surface area contributed by atoms with Crippen LogP contribution in [0.2, 0.25) is 0 Å². The van der Waals surface area contributed by atoms with Crippen molar-refractivity contribution in [3.63, 3.8) is 0 Å². The first kappa shape index (κ1) is 9.33. The number of carbonyl (C=O) groups excluding carboxylic acids is 1. The molecule has 0 saturated heterocycles. The van der Waals surface area contributed by atoms with Crippen LogP contribution in [0.4, 0.5) is 0 Å². The van der Waals surface area contributed by atoms with E-state index in [1.807, 2.05) is 23.2 Å². The second-order valence-corrected chi connectivity index (χ2v) is 2.80. The van der Waals surface area contributed by atoms with Crippen LogP contribution in [0.15, 0.2) is 23.9 Å². The predicted octanol–water partition coefficient (Wildman–Crippen LogP) is 0.141. The van der Waals surface area contributed by atoms with Crippen molar-refractivity contribution >= 4 is 5.91 Å². The molecule has 0 radical (unpaired) electrons. The van der Waals surface area contributed by atoms with Crippen LogP contribution in [-0.2, 0) is 4.79 Å². The summed E-state index contributed by atoms with van der Waals surface area (Å²) in [4.78, 5) is 12.4. The number of nitriles is 1. The molecule has 4 heteroatoms. The zero-order valence-electron chi connectivity index (χ0n) is 7.23. The van der Waals surface area contributed by atoms with Gasteiger partial charge < -0.3 is 10.6 Å². The van der Waals surface area contributed by atoms with E-state index in [0.29, 0.717) is 25.1 Å². The van der Waals surface area contributed by atoms with E-state index in [2.05, 4.69) is 0 Å². The highest BCUT2D eigenvalue weighted by Gasteiger charge is 2.04. The number of allylic oxidation sites excluding steroid dienone is 2. The fourth-order valence-electron chi connectivity index (χ4n) is 1.03. The van der Waals surface area contributed by atoms with Crippen molar-refractivity contribution in [2.75, 3.05) is 13.1 Å². The third-order valence-corrected chi connectivity index (χ3v) is 1.79. The van der Waals surface area contributed by atoms with Crippen molar-refractivity contribution in [3.05, 3.63) is 23.9 Å². The van der Waals surface area contributed by atoms with E-state index in [-0.39, 0.29) is 5.91 Å². The third kappa shape index (κ3) is 2.99. The maximum absolute atomic E-state index is 10.5. The number of nitrogens with zero attached hydrogens (tertiary/aromatic N) is 2. The number of primary amides is 1. The van der Waals surface area contributed by atoms with Gasteiger partial charge in [0, 0.05) is 25.7 Å².